The van der Waals surface area contributed by atoms with Crippen LogP contribution in [0.15, 0.2) is 0 Å². The first-order valence-corrected chi connectivity index (χ1v) is 8.45. The van der Waals surface area contributed by atoms with E-state index in [1.54, 1.807) is 0 Å². The van der Waals surface area contributed by atoms with Gasteiger partial charge in [-0.3, -0.25) is 0 Å². The lowest BCUT2D eigenvalue weighted by Gasteiger charge is -2.40. The van der Waals surface area contributed by atoms with Gasteiger partial charge in [0.15, 0.2) is 0 Å². The highest BCUT2D eigenvalue weighted by atomic mass is 16.5. The van der Waals surface area contributed by atoms with Crippen LogP contribution in [-0.2, 0) is 4.74 Å². The fraction of sp³-hybridized carbons (Fsp3) is 1.00. The predicted octanol–water partition coefficient (Wildman–Crippen LogP) is 4.14. The van der Waals surface area contributed by atoms with Crippen LogP contribution in [0.1, 0.15) is 72.1 Å². The van der Waals surface area contributed by atoms with E-state index in [-0.39, 0.29) is 0 Å². The molecule has 2 heteroatoms. The van der Waals surface area contributed by atoms with Gasteiger partial charge in [0.1, 0.15) is 0 Å². The highest BCUT2D eigenvalue weighted by molar-refractivity contribution is 4.86. The molecule has 2 fully saturated rings. The van der Waals surface area contributed by atoms with Crippen molar-refractivity contribution in [3.05, 3.63) is 0 Å². The van der Waals surface area contributed by atoms with Gasteiger partial charge in [-0.15, -0.1) is 0 Å². The average Bonchev–Trinajstić information content (AvgIpc) is 2.68. The van der Waals surface area contributed by atoms with Gasteiger partial charge in [0.2, 0.25) is 0 Å². The van der Waals surface area contributed by atoms with Crippen LogP contribution in [-0.4, -0.2) is 25.3 Å². The Morgan fingerprint density at radius 2 is 1.63 bits per heavy atom. The molecule has 2 nitrogen and oxygen atoms in total. The Kier molecular flexibility index (Phi) is 5.70. The molecule has 1 atom stereocenters. The van der Waals surface area contributed by atoms with Crippen LogP contribution >= 0.6 is 0 Å². The molecule has 0 aromatic heterocycles. The van der Waals surface area contributed by atoms with E-state index in [4.69, 9.17) is 4.74 Å². The van der Waals surface area contributed by atoms with Crippen molar-refractivity contribution in [3.63, 3.8) is 0 Å². The van der Waals surface area contributed by atoms with E-state index in [1.165, 1.54) is 51.4 Å². The molecular weight excluding hydrogens is 234 g/mol. The average molecular weight is 267 g/mol. The van der Waals surface area contributed by atoms with Crippen LogP contribution in [0.4, 0.5) is 0 Å². The van der Waals surface area contributed by atoms with Crippen LogP contribution in [0.3, 0.4) is 0 Å². The molecule has 1 N–H and O–H groups in total. The molecule has 0 bridgehead atoms. The Bertz CT molecular complexity index is 248. The van der Waals surface area contributed by atoms with Crippen LogP contribution in [0.2, 0.25) is 0 Å². The van der Waals surface area contributed by atoms with E-state index in [9.17, 15) is 0 Å². The third-order valence-electron chi connectivity index (χ3n) is 5.67. The minimum absolute atomic E-state index is 0.543. The summed E-state index contributed by atoms with van der Waals surface area (Å²) < 4.78 is 5.55. The van der Waals surface area contributed by atoms with Crippen molar-refractivity contribution in [1.82, 2.24) is 5.32 Å². The van der Waals surface area contributed by atoms with E-state index in [1.807, 2.05) is 0 Å². The minimum atomic E-state index is 0.543. The summed E-state index contributed by atoms with van der Waals surface area (Å²) in [6.45, 7) is 9.17. The molecule has 2 aliphatic rings. The zero-order valence-corrected chi connectivity index (χ0v) is 13.2. The summed E-state index contributed by atoms with van der Waals surface area (Å²) in [7, 11) is 0. The first-order valence-electron chi connectivity index (χ1n) is 8.45. The first kappa shape index (κ1) is 15.3. The number of rotatable bonds is 4. The quantitative estimate of drug-likeness (QED) is 0.826. The van der Waals surface area contributed by atoms with E-state index in [0.29, 0.717) is 11.5 Å². The summed E-state index contributed by atoms with van der Waals surface area (Å²) in [6, 6.07) is 1.48. The minimum Gasteiger partial charge on any atom is -0.381 e. The van der Waals surface area contributed by atoms with E-state index in [0.717, 1.165) is 25.2 Å². The maximum Gasteiger partial charge on any atom is 0.0480 e. The maximum atomic E-state index is 5.55. The smallest absolute Gasteiger partial charge is 0.0480 e. The van der Waals surface area contributed by atoms with Crippen molar-refractivity contribution in [1.29, 1.82) is 0 Å². The Hall–Kier alpha value is -0.0800. The third-order valence-corrected chi connectivity index (χ3v) is 5.67. The molecule has 0 aromatic carbocycles. The first-order chi connectivity index (χ1) is 9.12. The molecule has 112 valence electrons. The molecule has 1 aliphatic carbocycles. The fourth-order valence-corrected chi connectivity index (χ4v) is 3.73. The number of hydrogen-bond donors (Lipinski definition) is 1. The lowest BCUT2D eigenvalue weighted by molar-refractivity contribution is 0.129. The van der Waals surface area contributed by atoms with Crippen molar-refractivity contribution >= 4 is 0 Å². The normalized spacial score (nSPS) is 33.9. The van der Waals surface area contributed by atoms with Crippen LogP contribution in [0.25, 0.3) is 0 Å². The number of nitrogens with one attached hydrogen (secondary N) is 1. The second kappa shape index (κ2) is 7.08. The Morgan fingerprint density at radius 3 is 2.32 bits per heavy atom. The maximum absolute atomic E-state index is 5.55. The monoisotopic (exact) mass is 267 g/mol. The summed E-state index contributed by atoms with van der Waals surface area (Å²) in [6.07, 6.45) is 10.7. The van der Waals surface area contributed by atoms with Crippen molar-refractivity contribution in [2.45, 2.75) is 84.2 Å². The van der Waals surface area contributed by atoms with Gasteiger partial charge in [0.05, 0.1) is 0 Å². The standard InChI is InChI=1S/C17H33NO/c1-4-17(2,3)14-7-9-16(10-8-14)18-15-6-5-12-19-13-11-15/h14-16,18H,4-13H2,1-3H3. The van der Waals surface area contributed by atoms with Crippen molar-refractivity contribution in [2.24, 2.45) is 11.3 Å². The second-order valence-electron chi connectivity index (χ2n) is 7.30. The SMILES string of the molecule is CCC(C)(C)C1CCC(NC2CCCOCC2)CC1. The topological polar surface area (TPSA) is 21.3 Å². The van der Waals surface area contributed by atoms with Crippen molar-refractivity contribution < 1.29 is 4.74 Å². The van der Waals surface area contributed by atoms with Crippen LogP contribution < -0.4 is 5.32 Å². The molecule has 1 heterocycles. The van der Waals surface area contributed by atoms with Gasteiger partial charge in [0, 0.05) is 25.3 Å². The Morgan fingerprint density at radius 1 is 0.947 bits per heavy atom. The lowest BCUT2D eigenvalue weighted by Crippen LogP contribution is -2.42. The van der Waals surface area contributed by atoms with Gasteiger partial charge in [-0.05, 0) is 56.3 Å². The highest BCUT2D eigenvalue weighted by Gasteiger charge is 2.32. The van der Waals surface area contributed by atoms with E-state index < -0.39 is 0 Å². The zero-order chi connectivity index (χ0) is 13.7. The van der Waals surface area contributed by atoms with E-state index in [2.05, 4.69) is 26.1 Å². The summed E-state index contributed by atoms with van der Waals surface area (Å²) in [5, 5.41) is 3.91. The van der Waals surface area contributed by atoms with Gasteiger partial charge in [0.25, 0.3) is 0 Å². The summed E-state index contributed by atoms with van der Waals surface area (Å²) in [4.78, 5) is 0. The van der Waals surface area contributed by atoms with Gasteiger partial charge in [-0.25, -0.2) is 0 Å². The molecule has 1 saturated carbocycles. The number of ether oxygens (including phenoxy) is 1. The van der Waals surface area contributed by atoms with Crippen molar-refractivity contribution in [3.8, 4) is 0 Å². The van der Waals surface area contributed by atoms with Gasteiger partial charge in [-0.1, -0.05) is 27.2 Å². The van der Waals surface area contributed by atoms with Gasteiger partial charge >= 0.3 is 0 Å². The molecule has 1 saturated heterocycles. The Labute approximate surface area is 119 Å². The third kappa shape index (κ3) is 4.46. The highest BCUT2D eigenvalue weighted by Crippen LogP contribution is 2.40. The number of hydrogen-bond acceptors (Lipinski definition) is 2. The Balaban J connectivity index is 1.73. The molecule has 0 aromatic rings. The molecular formula is C17H33NO. The van der Waals surface area contributed by atoms with Gasteiger partial charge < -0.3 is 10.1 Å². The van der Waals surface area contributed by atoms with Gasteiger partial charge in [-0.2, -0.15) is 0 Å². The molecule has 2 rings (SSSR count). The molecule has 0 amide bonds. The zero-order valence-electron chi connectivity index (χ0n) is 13.2. The molecule has 1 aliphatic heterocycles. The summed E-state index contributed by atoms with van der Waals surface area (Å²) in [5.74, 6) is 0.938. The molecule has 1 unspecified atom stereocenters. The summed E-state index contributed by atoms with van der Waals surface area (Å²) in [5.41, 5.74) is 0.543. The van der Waals surface area contributed by atoms with Crippen LogP contribution in [0, 0.1) is 11.3 Å². The molecule has 19 heavy (non-hydrogen) atoms. The summed E-state index contributed by atoms with van der Waals surface area (Å²) >= 11 is 0. The lowest BCUT2D eigenvalue weighted by atomic mass is 9.69. The van der Waals surface area contributed by atoms with Crippen LogP contribution in [0.5, 0.6) is 0 Å². The second-order valence-corrected chi connectivity index (χ2v) is 7.30. The predicted molar refractivity (Wildman–Crippen MR) is 81.4 cm³/mol. The molecule has 0 spiro atoms. The van der Waals surface area contributed by atoms with E-state index >= 15 is 0 Å². The largest absolute Gasteiger partial charge is 0.381 e. The molecule has 0 radical (unpaired) electrons. The van der Waals surface area contributed by atoms with Crippen molar-refractivity contribution in [2.75, 3.05) is 13.2 Å². The fourth-order valence-electron chi connectivity index (χ4n) is 3.73.